The molecular formula is C25H29Cl2N3O5S. The normalized spacial score (nSPS) is 14.9. The molecule has 11 heteroatoms. The van der Waals surface area contributed by atoms with Crippen LogP contribution < -0.4 is 5.32 Å². The van der Waals surface area contributed by atoms with Crippen LogP contribution in [-0.2, 0) is 26.2 Å². The molecule has 0 bridgehead atoms. The fraction of sp³-hybridized carbons (Fsp3) is 0.400. The van der Waals surface area contributed by atoms with Crippen molar-refractivity contribution in [3.8, 4) is 0 Å². The van der Waals surface area contributed by atoms with Crippen LogP contribution in [0.2, 0.25) is 10.0 Å². The van der Waals surface area contributed by atoms with Crippen LogP contribution in [0.3, 0.4) is 0 Å². The van der Waals surface area contributed by atoms with Crippen molar-refractivity contribution in [2.24, 2.45) is 0 Å². The molecule has 1 N–H and O–H groups in total. The van der Waals surface area contributed by atoms with Crippen LogP contribution in [0.4, 0.5) is 0 Å². The smallest absolute Gasteiger partial charge is 0.269 e. The standard InChI is InChI=1S/C25H29Cl2N3O5S/c1-3-14-28-24(32)21(4-2)29(16-18-19(26)10-7-11-20(18)27)23(31)13-8-15-30-25(33)17-9-5-6-12-22(17)36(30,34)35/h5-7,9-12,21H,3-4,8,13-16H2,1-2H3,(H,28,32)/t21-/m0/s1. The highest BCUT2D eigenvalue weighted by Crippen LogP contribution is 2.31. The second kappa shape index (κ2) is 12.1. The number of benzene rings is 2. The van der Waals surface area contributed by atoms with Crippen LogP contribution in [0.25, 0.3) is 0 Å². The zero-order valence-corrected chi connectivity index (χ0v) is 22.5. The number of halogens is 2. The van der Waals surface area contributed by atoms with Crippen molar-refractivity contribution in [1.29, 1.82) is 0 Å². The third-order valence-corrected chi connectivity index (χ3v) is 8.54. The highest BCUT2D eigenvalue weighted by Gasteiger charge is 2.40. The molecular weight excluding hydrogens is 525 g/mol. The summed E-state index contributed by atoms with van der Waals surface area (Å²) in [5, 5.41) is 3.57. The average Bonchev–Trinajstić information content (AvgIpc) is 3.04. The predicted molar refractivity (Wildman–Crippen MR) is 138 cm³/mol. The Bertz CT molecular complexity index is 1230. The first-order valence-corrected chi connectivity index (χ1v) is 14.0. The third-order valence-electron chi connectivity index (χ3n) is 5.99. The predicted octanol–water partition coefficient (Wildman–Crippen LogP) is 4.25. The molecule has 1 aliphatic heterocycles. The summed E-state index contributed by atoms with van der Waals surface area (Å²) in [6.45, 7) is 4.07. The molecule has 3 rings (SSSR count). The number of rotatable bonds is 11. The Hall–Kier alpha value is -2.62. The molecule has 194 valence electrons. The highest BCUT2D eigenvalue weighted by molar-refractivity contribution is 7.90. The van der Waals surface area contributed by atoms with Crippen molar-refractivity contribution in [3.63, 3.8) is 0 Å². The van der Waals surface area contributed by atoms with Gasteiger partial charge < -0.3 is 10.2 Å². The lowest BCUT2D eigenvalue weighted by Gasteiger charge is -2.31. The quantitative estimate of drug-likeness (QED) is 0.447. The van der Waals surface area contributed by atoms with E-state index in [1.807, 2.05) is 6.92 Å². The molecule has 2 aromatic carbocycles. The average molecular weight is 554 g/mol. The molecule has 2 aromatic rings. The summed E-state index contributed by atoms with van der Waals surface area (Å²) >= 11 is 12.7. The molecule has 36 heavy (non-hydrogen) atoms. The molecule has 1 heterocycles. The van der Waals surface area contributed by atoms with Crippen molar-refractivity contribution >= 4 is 50.9 Å². The summed E-state index contributed by atoms with van der Waals surface area (Å²) in [5.74, 6) is -1.27. The Balaban J connectivity index is 1.78. The molecule has 0 spiro atoms. The number of nitrogens with zero attached hydrogens (tertiary/aromatic N) is 2. The molecule has 1 atom stereocenters. The van der Waals surface area contributed by atoms with Crippen LogP contribution in [0.15, 0.2) is 47.4 Å². The zero-order valence-electron chi connectivity index (χ0n) is 20.2. The Morgan fingerprint density at radius 2 is 1.72 bits per heavy atom. The zero-order chi connectivity index (χ0) is 26.5. The Morgan fingerprint density at radius 1 is 1.06 bits per heavy atom. The van der Waals surface area contributed by atoms with Crippen molar-refractivity contribution in [2.75, 3.05) is 13.1 Å². The first-order chi connectivity index (χ1) is 17.1. The van der Waals surface area contributed by atoms with E-state index in [2.05, 4.69) is 5.32 Å². The fourth-order valence-corrected chi connectivity index (χ4v) is 6.23. The van der Waals surface area contributed by atoms with Crippen LogP contribution in [0, 0.1) is 0 Å². The van der Waals surface area contributed by atoms with Gasteiger partial charge in [-0.3, -0.25) is 14.4 Å². The summed E-state index contributed by atoms with van der Waals surface area (Å²) in [4.78, 5) is 40.3. The van der Waals surface area contributed by atoms with Gasteiger partial charge in [0, 0.05) is 41.7 Å². The first-order valence-electron chi connectivity index (χ1n) is 11.8. The minimum Gasteiger partial charge on any atom is -0.354 e. The monoisotopic (exact) mass is 553 g/mol. The van der Waals surface area contributed by atoms with E-state index >= 15 is 0 Å². The van der Waals surface area contributed by atoms with Crippen LogP contribution in [-0.4, -0.2) is 54.5 Å². The molecule has 0 radical (unpaired) electrons. The molecule has 0 saturated heterocycles. The van der Waals surface area contributed by atoms with Gasteiger partial charge in [-0.15, -0.1) is 0 Å². The van der Waals surface area contributed by atoms with E-state index in [-0.39, 0.29) is 48.2 Å². The summed E-state index contributed by atoms with van der Waals surface area (Å²) in [5.41, 5.74) is 0.640. The molecule has 3 amide bonds. The lowest BCUT2D eigenvalue weighted by Crippen LogP contribution is -2.49. The third kappa shape index (κ3) is 5.85. The second-order valence-electron chi connectivity index (χ2n) is 8.42. The van der Waals surface area contributed by atoms with Crippen molar-refractivity contribution < 1.29 is 22.8 Å². The topological polar surface area (TPSA) is 104 Å². The number of amides is 3. The Kier molecular flexibility index (Phi) is 9.38. The molecule has 1 aliphatic rings. The lowest BCUT2D eigenvalue weighted by molar-refractivity contribution is -0.141. The SMILES string of the molecule is CCCNC(=O)[C@H](CC)N(Cc1c(Cl)cccc1Cl)C(=O)CCCN1C(=O)c2ccccc2S1(=O)=O. The van der Waals surface area contributed by atoms with E-state index in [1.165, 1.54) is 17.0 Å². The second-order valence-corrected chi connectivity index (χ2v) is 11.1. The number of nitrogens with one attached hydrogen (secondary N) is 1. The minimum atomic E-state index is -3.96. The molecule has 8 nitrogen and oxygen atoms in total. The maximum atomic E-state index is 13.4. The number of hydrogen-bond donors (Lipinski definition) is 1. The van der Waals surface area contributed by atoms with Gasteiger partial charge in [0.05, 0.1) is 5.56 Å². The maximum Gasteiger partial charge on any atom is 0.269 e. The van der Waals surface area contributed by atoms with Crippen molar-refractivity contribution in [3.05, 3.63) is 63.6 Å². The van der Waals surface area contributed by atoms with Gasteiger partial charge in [0.1, 0.15) is 10.9 Å². The van der Waals surface area contributed by atoms with E-state index in [0.717, 1.165) is 10.7 Å². The summed E-state index contributed by atoms with van der Waals surface area (Å²) in [7, 11) is -3.96. The fourth-order valence-electron chi connectivity index (χ4n) is 4.11. The first kappa shape index (κ1) is 28.0. The minimum absolute atomic E-state index is 0.0157. The molecule has 0 aromatic heterocycles. The maximum absolute atomic E-state index is 13.4. The summed E-state index contributed by atoms with van der Waals surface area (Å²) in [6.07, 6.45) is 1.12. The number of hydrogen-bond acceptors (Lipinski definition) is 5. The molecule has 0 aliphatic carbocycles. The van der Waals surface area contributed by atoms with Gasteiger partial charge in [-0.2, -0.15) is 0 Å². The van der Waals surface area contributed by atoms with Gasteiger partial charge in [-0.05, 0) is 43.5 Å². The molecule has 0 saturated carbocycles. The van der Waals surface area contributed by atoms with Gasteiger partial charge in [-0.1, -0.05) is 55.2 Å². The molecule has 0 fully saturated rings. The number of carbonyl (C=O) groups is 3. The van der Waals surface area contributed by atoms with Gasteiger partial charge in [0.25, 0.3) is 15.9 Å². The summed E-state index contributed by atoms with van der Waals surface area (Å²) < 4.78 is 26.4. The highest BCUT2D eigenvalue weighted by atomic mass is 35.5. The van der Waals surface area contributed by atoms with Crippen LogP contribution in [0.5, 0.6) is 0 Å². The summed E-state index contributed by atoms with van der Waals surface area (Å²) in [6, 6.07) is 10.3. The van der Waals surface area contributed by atoms with E-state index in [1.54, 1.807) is 37.3 Å². The van der Waals surface area contributed by atoms with E-state index in [4.69, 9.17) is 23.2 Å². The van der Waals surface area contributed by atoms with Crippen LogP contribution >= 0.6 is 23.2 Å². The number of carbonyl (C=O) groups excluding carboxylic acids is 3. The lowest BCUT2D eigenvalue weighted by atomic mass is 10.1. The Morgan fingerprint density at radius 3 is 2.33 bits per heavy atom. The number of sulfonamides is 1. The largest absolute Gasteiger partial charge is 0.354 e. The number of fused-ring (bicyclic) bond motifs is 1. The van der Waals surface area contributed by atoms with Gasteiger partial charge in [0.15, 0.2) is 0 Å². The van der Waals surface area contributed by atoms with E-state index < -0.39 is 22.0 Å². The van der Waals surface area contributed by atoms with Gasteiger partial charge in [0.2, 0.25) is 11.8 Å². The Labute approximate surface area is 221 Å². The van der Waals surface area contributed by atoms with E-state index in [0.29, 0.717) is 28.6 Å². The van der Waals surface area contributed by atoms with Gasteiger partial charge in [-0.25, -0.2) is 12.7 Å². The van der Waals surface area contributed by atoms with Crippen molar-refractivity contribution in [2.45, 2.75) is 57.0 Å². The van der Waals surface area contributed by atoms with Crippen LogP contribution in [0.1, 0.15) is 55.5 Å². The molecule has 0 unspecified atom stereocenters. The van der Waals surface area contributed by atoms with Crippen molar-refractivity contribution in [1.82, 2.24) is 14.5 Å². The van der Waals surface area contributed by atoms with E-state index in [9.17, 15) is 22.8 Å². The van der Waals surface area contributed by atoms with Gasteiger partial charge >= 0.3 is 0 Å².